The molecule has 0 heterocycles. The summed E-state index contributed by atoms with van der Waals surface area (Å²) in [6, 6.07) is 2.34. The van der Waals surface area contributed by atoms with Crippen LogP contribution in [-0.2, 0) is 0 Å². The molecule has 1 aromatic carbocycles. The molecule has 1 fully saturated rings. The van der Waals surface area contributed by atoms with Gasteiger partial charge < -0.3 is 11.1 Å². The van der Waals surface area contributed by atoms with Gasteiger partial charge in [-0.2, -0.15) is 0 Å². The zero-order valence-electron chi connectivity index (χ0n) is 11.4. The van der Waals surface area contributed by atoms with E-state index in [4.69, 9.17) is 28.9 Å². The highest BCUT2D eigenvalue weighted by molar-refractivity contribution is 6.36. The van der Waals surface area contributed by atoms with Gasteiger partial charge in [0.15, 0.2) is 0 Å². The summed E-state index contributed by atoms with van der Waals surface area (Å²) in [5.74, 6) is -0.764. The highest BCUT2D eigenvalue weighted by Crippen LogP contribution is 2.26. The molecule has 0 aliphatic heterocycles. The number of hydrogen-bond donors (Lipinski definition) is 2. The van der Waals surface area contributed by atoms with Crippen LogP contribution in [-0.4, -0.2) is 18.5 Å². The first kappa shape index (κ1) is 18.5. The Hall–Kier alpha value is -0.550. The van der Waals surface area contributed by atoms with Crippen LogP contribution in [0.5, 0.6) is 0 Å². The summed E-state index contributed by atoms with van der Waals surface area (Å²) < 4.78 is 13.5. The molecular weight excluding hydrogens is 338 g/mol. The molecule has 2 unspecified atom stereocenters. The minimum absolute atomic E-state index is 0. The Labute approximate surface area is 139 Å². The smallest absolute Gasteiger partial charge is 0.253 e. The van der Waals surface area contributed by atoms with Gasteiger partial charge in [-0.25, -0.2) is 4.39 Å². The topological polar surface area (TPSA) is 55.1 Å². The van der Waals surface area contributed by atoms with E-state index in [1.54, 1.807) is 0 Å². The number of halogens is 4. The molecule has 0 aromatic heterocycles. The van der Waals surface area contributed by atoms with Crippen LogP contribution in [0.2, 0.25) is 10.0 Å². The Morgan fingerprint density at radius 3 is 2.62 bits per heavy atom. The van der Waals surface area contributed by atoms with Crippen molar-refractivity contribution in [1.82, 2.24) is 5.32 Å². The summed E-state index contributed by atoms with van der Waals surface area (Å²) in [5.41, 5.74) is 5.83. The lowest BCUT2D eigenvalue weighted by molar-refractivity contribution is 0.0908. The van der Waals surface area contributed by atoms with E-state index < -0.39 is 5.82 Å². The van der Waals surface area contributed by atoms with E-state index in [2.05, 4.69) is 5.32 Å². The molecular formula is C14H18Cl3FN2O. The van der Waals surface area contributed by atoms with Gasteiger partial charge in [0.25, 0.3) is 5.91 Å². The number of rotatable bonds is 3. The molecule has 2 rings (SSSR count). The summed E-state index contributed by atoms with van der Waals surface area (Å²) in [6.07, 6.45) is 4.08. The van der Waals surface area contributed by atoms with Crippen molar-refractivity contribution in [3.63, 3.8) is 0 Å². The van der Waals surface area contributed by atoms with Gasteiger partial charge >= 0.3 is 0 Å². The van der Waals surface area contributed by atoms with Crippen LogP contribution in [0.4, 0.5) is 4.39 Å². The van der Waals surface area contributed by atoms with Gasteiger partial charge in [0.2, 0.25) is 0 Å². The number of hydrogen-bond acceptors (Lipinski definition) is 2. The van der Waals surface area contributed by atoms with Crippen LogP contribution in [0.3, 0.4) is 0 Å². The summed E-state index contributed by atoms with van der Waals surface area (Å²) >= 11 is 11.6. The van der Waals surface area contributed by atoms with Crippen molar-refractivity contribution >= 4 is 41.5 Å². The number of amides is 1. The van der Waals surface area contributed by atoms with Crippen molar-refractivity contribution < 1.29 is 9.18 Å². The summed E-state index contributed by atoms with van der Waals surface area (Å²) in [7, 11) is 0. The number of nitrogens with two attached hydrogens (primary N) is 1. The largest absolute Gasteiger partial charge is 0.349 e. The average molecular weight is 356 g/mol. The Kier molecular flexibility index (Phi) is 7.21. The minimum Gasteiger partial charge on any atom is -0.349 e. The van der Waals surface area contributed by atoms with E-state index in [0.29, 0.717) is 6.54 Å². The van der Waals surface area contributed by atoms with Crippen molar-refractivity contribution in [3.8, 4) is 0 Å². The molecule has 1 saturated carbocycles. The minimum atomic E-state index is -0.653. The van der Waals surface area contributed by atoms with E-state index in [1.807, 2.05) is 0 Å². The normalized spacial score (nSPS) is 21.5. The Balaban J connectivity index is 0.00000220. The first-order chi connectivity index (χ1) is 9.52. The van der Waals surface area contributed by atoms with Crippen LogP contribution < -0.4 is 11.1 Å². The van der Waals surface area contributed by atoms with Crippen LogP contribution in [0.25, 0.3) is 0 Å². The fraction of sp³-hybridized carbons (Fsp3) is 0.500. The van der Waals surface area contributed by atoms with E-state index in [-0.39, 0.29) is 45.9 Å². The highest BCUT2D eigenvalue weighted by atomic mass is 35.5. The van der Waals surface area contributed by atoms with E-state index in [1.165, 1.54) is 6.07 Å². The number of nitrogens with one attached hydrogen (secondary N) is 1. The molecule has 1 aromatic rings. The lowest BCUT2D eigenvalue weighted by Gasteiger charge is -2.31. The van der Waals surface area contributed by atoms with Crippen LogP contribution in [0.1, 0.15) is 36.0 Å². The Morgan fingerprint density at radius 1 is 1.29 bits per heavy atom. The maximum Gasteiger partial charge on any atom is 0.253 e. The standard InChI is InChI=1S/C14H17Cl2FN2O.ClH/c15-10-6-11(16)12(17)5-9(10)14(20)19-13-4-2-1-3-8(13)7-18;/h5-6,8,13H,1-4,7,18H2,(H,19,20);1H. The van der Waals surface area contributed by atoms with Gasteiger partial charge in [0.05, 0.1) is 15.6 Å². The molecule has 3 nitrogen and oxygen atoms in total. The number of benzene rings is 1. The molecule has 1 aliphatic rings. The average Bonchev–Trinajstić information content (AvgIpc) is 2.43. The lowest BCUT2D eigenvalue weighted by atomic mass is 9.84. The summed E-state index contributed by atoms with van der Waals surface area (Å²) in [4.78, 5) is 12.2. The van der Waals surface area contributed by atoms with Gasteiger partial charge in [-0.1, -0.05) is 36.0 Å². The second kappa shape index (κ2) is 8.18. The first-order valence-corrected chi connectivity index (χ1v) is 7.44. The molecule has 21 heavy (non-hydrogen) atoms. The fourth-order valence-electron chi connectivity index (χ4n) is 2.62. The van der Waals surface area contributed by atoms with Crippen molar-refractivity contribution in [1.29, 1.82) is 0 Å². The molecule has 118 valence electrons. The van der Waals surface area contributed by atoms with Crippen molar-refractivity contribution in [2.45, 2.75) is 31.7 Å². The summed E-state index contributed by atoms with van der Waals surface area (Å²) in [6.45, 7) is 0.535. The zero-order valence-corrected chi connectivity index (χ0v) is 13.7. The van der Waals surface area contributed by atoms with E-state index in [9.17, 15) is 9.18 Å². The van der Waals surface area contributed by atoms with Crippen LogP contribution in [0, 0.1) is 11.7 Å². The molecule has 0 bridgehead atoms. The Morgan fingerprint density at radius 2 is 1.95 bits per heavy atom. The molecule has 0 saturated heterocycles. The quantitative estimate of drug-likeness (QED) is 0.810. The predicted octanol–water partition coefficient (Wildman–Crippen LogP) is 3.80. The lowest BCUT2D eigenvalue weighted by Crippen LogP contribution is -2.44. The molecule has 0 spiro atoms. The van der Waals surface area contributed by atoms with Crippen LogP contribution >= 0.6 is 35.6 Å². The Bertz CT molecular complexity index is 513. The molecule has 1 amide bonds. The maximum absolute atomic E-state index is 13.5. The summed E-state index contributed by atoms with van der Waals surface area (Å²) in [5, 5.41) is 2.96. The van der Waals surface area contributed by atoms with E-state index >= 15 is 0 Å². The molecule has 1 aliphatic carbocycles. The third-order valence-electron chi connectivity index (χ3n) is 3.78. The maximum atomic E-state index is 13.5. The number of carbonyl (C=O) groups excluding carboxylic acids is 1. The highest BCUT2D eigenvalue weighted by Gasteiger charge is 2.26. The second-order valence-corrected chi connectivity index (χ2v) is 5.92. The predicted molar refractivity (Wildman–Crippen MR) is 85.9 cm³/mol. The second-order valence-electron chi connectivity index (χ2n) is 5.11. The molecule has 2 atom stereocenters. The van der Waals surface area contributed by atoms with Gasteiger partial charge in [0.1, 0.15) is 5.82 Å². The first-order valence-electron chi connectivity index (χ1n) is 6.68. The van der Waals surface area contributed by atoms with Gasteiger partial charge in [-0.3, -0.25) is 4.79 Å². The molecule has 3 N–H and O–H groups in total. The van der Waals surface area contributed by atoms with E-state index in [0.717, 1.165) is 31.7 Å². The van der Waals surface area contributed by atoms with Crippen LogP contribution in [0.15, 0.2) is 12.1 Å². The van der Waals surface area contributed by atoms with Gasteiger partial charge in [-0.15, -0.1) is 12.4 Å². The molecule has 0 radical (unpaired) electrons. The van der Waals surface area contributed by atoms with Crippen molar-refractivity contribution in [2.24, 2.45) is 11.7 Å². The third kappa shape index (κ3) is 4.46. The molecule has 7 heteroatoms. The SMILES string of the molecule is Cl.NCC1CCCCC1NC(=O)c1cc(F)c(Cl)cc1Cl. The van der Waals surface area contributed by atoms with Crippen molar-refractivity contribution in [3.05, 3.63) is 33.6 Å². The fourth-order valence-corrected chi connectivity index (χ4v) is 3.09. The zero-order chi connectivity index (χ0) is 14.7. The van der Waals surface area contributed by atoms with Crippen molar-refractivity contribution in [2.75, 3.05) is 6.54 Å². The van der Waals surface area contributed by atoms with Gasteiger partial charge in [-0.05, 0) is 37.4 Å². The number of carbonyl (C=O) groups is 1. The van der Waals surface area contributed by atoms with Gasteiger partial charge in [0, 0.05) is 6.04 Å². The monoisotopic (exact) mass is 354 g/mol. The third-order valence-corrected chi connectivity index (χ3v) is 4.39.